The molecule has 0 aliphatic carbocycles. The number of phenols is 1. The Balaban J connectivity index is 3.01. The normalized spacial score (nSPS) is 10.8. The van der Waals surface area contributed by atoms with Gasteiger partial charge in [-0.15, -0.1) is 11.6 Å². The lowest BCUT2D eigenvalue weighted by Crippen LogP contribution is -2.41. The zero-order valence-electron chi connectivity index (χ0n) is 11.2. The Hall–Kier alpha value is -0.930. The van der Waals surface area contributed by atoms with E-state index in [-0.39, 0.29) is 22.7 Å². The van der Waals surface area contributed by atoms with Gasteiger partial charge in [-0.1, -0.05) is 25.4 Å². The molecule has 0 radical (unpaired) electrons. The summed E-state index contributed by atoms with van der Waals surface area (Å²) in [7, 11) is 0. The van der Waals surface area contributed by atoms with Gasteiger partial charge in [-0.3, -0.25) is 4.79 Å². The first-order valence-corrected chi connectivity index (χ1v) is 7.31. The molecule has 0 bridgehead atoms. The van der Waals surface area contributed by atoms with Crippen molar-refractivity contribution in [1.29, 1.82) is 0 Å². The van der Waals surface area contributed by atoms with Crippen LogP contribution in [0.2, 0.25) is 5.02 Å². The number of alkyl halides is 1. The van der Waals surface area contributed by atoms with Crippen molar-refractivity contribution < 1.29 is 9.90 Å². The number of phenolic OH excluding ortho intramolecular Hbond substituents is 1. The quantitative estimate of drug-likeness (QED) is 0.809. The first kappa shape index (κ1) is 16.1. The van der Waals surface area contributed by atoms with Gasteiger partial charge in [0.25, 0.3) is 5.91 Å². The first-order chi connectivity index (χ1) is 9.04. The molecule has 0 aromatic heterocycles. The summed E-state index contributed by atoms with van der Waals surface area (Å²) in [4.78, 5) is 14.3. The molecule has 5 heteroatoms. The summed E-state index contributed by atoms with van der Waals surface area (Å²) in [5.41, 5.74) is 0.472. The molecule has 1 aromatic carbocycles. The average Bonchev–Trinajstić information content (AvgIpc) is 2.41. The molecule has 0 saturated heterocycles. The van der Waals surface area contributed by atoms with E-state index in [0.717, 1.165) is 12.8 Å². The van der Waals surface area contributed by atoms with Gasteiger partial charge in [-0.25, -0.2) is 0 Å². The second kappa shape index (κ2) is 7.61. The van der Waals surface area contributed by atoms with Gasteiger partial charge in [-0.05, 0) is 31.0 Å². The van der Waals surface area contributed by atoms with Gasteiger partial charge in [0.15, 0.2) is 0 Å². The molecule has 19 heavy (non-hydrogen) atoms. The van der Waals surface area contributed by atoms with Crippen LogP contribution < -0.4 is 0 Å². The minimum absolute atomic E-state index is 0.0235. The smallest absolute Gasteiger partial charge is 0.254 e. The standard InChI is InChI=1S/C14H19Cl2NO2/c1-3-11(4-2)17(8-7-15)14(19)10-5-6-13(18)12(16)9-10/h5-6,9,11,18H,3-4,7-8H2,1-2H3. The highest BCUT2D eigenvalue weighted by Gasteiger charge is 2.22. The Morgan fingerprint density at radius 3 is 2.47 bits per heavy atom. The molecule has 106 valence electrons. The van der Waals surface area contributed by atoms with Gasteiger partial charge in [0.05, 0.1) is 5.02 Å². The SMILES string of the molecule is CCC(CC)N(CCCl)C(=O)c1ccc(O)c(Cl)c1. The number of amides is 1. The van der Waals surface area contributed by atoms with E-state index in [1.165, 1.54) is 12.1 Å². The summed E-state index contributed by atoms with van der Waals surface area (Å²) in [6.07, 6.45) is 1.76. The van der Waals surface area contributed by atoms with Crippen molar-refractivity contribution >= 4 is 29.1 Å². The lowest BCUT2D eigenvalue weighted by Gasteiger charge is -2.30. The van der Waals surface area contributed by atoms with Gasteiger partial charge in [0.2, 0.25) is 0 Å². The van der Waals surface area contributed by atoms with Crippen LogP contribution in [0.5, 0.6) is 5.75 Å². The van der Waals surface area contributed by atoms with Gasteiger partial charge < -0.3 is 10.0 Å². The second-order valence-corrected chi connectivity index (χ2v) is 5.11. The molecule has 0 heterocycles. The third kappa shape index (κ3) is 4.02. The van der Waals surface area contributed by atoms with Crippen LogP contribution in [0.1, 0.15) is 37.0 Å². The fraction of sp³-hybridized carbons (Fsp3) is 0.500. The Morgan fingerprint density at radius 1 is 1.37 bits per heavy atom. The van der Waals surface area contributed by atoms with E-state index in [0.29, 0.717) is 18.0 Å². The molecule has 0 aliphatic rings. The Bertz CT molecular complexity index is 433. The zero-order valence-corrected chi connectivity index (χ0v) is 12.7. The van der Waals surface area contributed by atoms with E-state index >= 15 is 0 Å². The van der Waals surface area contributed by atoms with Crippen molar-refractivity contribution in [2.45, 2.75) is 32.7 Å². The first-order valence-electron chi connectivity index (χ1n) is 6.40. The van der Waals surface area contributed by atoms with Crippen LogP contribution in [0.3, 0.4) is 0 Å². The van der Waals surface area contributed by atoms with Gasteiger partial charge >= 0.3 is 0 Å². The summed E-state index contributed by atoms with van der Waals surface area (Å²) >= 11 is 11.6. The van der Waals surface area contributed by atoms with E-state index in [9.17, 15) is 9.90 Å². The third-order valence-electron chi connectivity index (χ3n) is 3.16. The van der Waals surface area contributed by atoms with Crippen LogP contribution in [-0.4, -0.2) is 34.4 Å². The molecule has 1 rings (SSSR count). The summed E-state index contributed by atoms with van der Waals surface area (Å²) in [6, 6.07) is 4.66. The number of hydrogen-bond acceptors (Lipinski definition) is 2. The Labute approximate surface area is 124 Å². The van der Waals surface area contributed by atoms with Crippen LogP contribution in [-0.2, 0) is 0 Å². The molecule has 0 aliphatic heterocycles. The van der Waals surface area contributed by atoms with Crippen LogP contribution >= 0.6 is 23.2 Å². The molecule has 1 amide bonds. The van der Waals surface area contributed by atoms with Crippen LogP contribution in [0.25, 0.3) is 0 Å². The molecule has 0 saturated carbocycles. The Morgan fingerprint density at radius 2 is 2.00 bits per heavy atom. The molecule has 3 nitrogen and oxygen atoms in total. The minimum Gasteiger partial charge on any atom is -0.506 e. The number of hydrogen-bond donors (Lipinski definition) is 1. The predicted molar refractivity (Wildman–Crippen MR) is 79.2 cm³/mol. The van der Waals surface area contributed by atoms with Gasteiger partial charge in [-0.2, -0.15) is 0 Å². The van der Waals surface area contributed by atoms with Gasteiger partial charge in [0.1, 0.15) is 5.75 Å². The number of nitrogens with zero attached hydrogens (tertiary/aromatic N) is 1. The number of halogens is 2. The monoisotopic (exact) mass is 303 g/mol. The molecular formula is C14H19Cl2NO2. The molecule has 0 unspecified atom stereocenters. The fourth-order valence-corrected chi connectivity index (χ4v) is 2.44. The van der Waals surface area contributed by atoms with Crippen LogP contribution in [0.4, 0.5) is 0 Å². The summed E-state index contributed by atoms with van der Waals surface area (Å²) in [6.45, 7) is 4.60. The number of carbonyl (C=O) groups excluding carboxylic acids is 1. The van der Waals surface area contributed by atoms with Crippen LogP contribution in [0, 0.1) is 0 Å². The van der Waals surface area contributed by atoms with Crippen molar-refractivity contribution in [3.63, 3.8) is 0 Å². The highest BCUT2D eigenvalue weighted by atomic mass is 35.5. The molecule has 1 N–H and O–H groups in total. The average molecular weight is 304 g/mol. The largest absolute Gasteiger partial charge is 0.506 e. The fourth-order valence-electron chi connectivity index (χ4n) is 2.08. The lowest BCUT2D eigenvalue weighted by atomic mass is 10.1. The van der Waals surface area contributed by atoms with Crippen molar-refractivity contribution in [3.8, 4) is 5.75 Å². The second-order valence-electron chi connectivity index (χ2n) is 4.32. The maximum atomic E-state index is 12.5. The maximum Gasteiger partial charge on any atom is 0.254 e. The Kier molecular flexibility index (Phi) is 6.46. The number of aromatic hydroxyl groups is 1. The highest BCUT2D eigenvalue weighted by Crippen LogP contribution is 2.25. The van der Waals surface area contributed by atoms with Crippen molar-refractivity contribution in [3.05, 3.63) is 28.8 Å². The molecule has 0 atom stereocenters. The summed E-state index contributed by atoms with van der Waals surface area (Å²) in [5, 5.41) is 9.57. The maximum absolute atomic E-state index is 12.5. The van der Waals surface area contributed by atoms with E-state index in [1.54, 1.807) is 11.0 Å². The van der Waals surface area contributed by atoms with Gasteiger partial charge in [0, 0.05) is 24.0 Å². The van der Waals surface area contributed by atoms with E-state index in [2.05, 4.69) is 0 Å². The van der Waals surface area contributed by atoms with E-state index < -0.39 is 0 Å². The number of rotatable bonds is 6. The molecule has 0 fully saturated rings. The molecular weight excluding hydrogens is 285 g/mol. The zero-order chi connectivity index (χ0) is 14.4. The number of carbonyl (C=O) groups is 1. The van der Waals surface area contributed by atoms with Crippen molar-refractivity contribution in [2.75, 3.05) is 12.4 Å². The van der Waals surface area contributed by atoms with E-state index in [1.807, 2.05) is 13.8 Å². The van der Waals surface area contributed by atoms with Crippen molar-refractivity contribution in [1.82, 2.24) is 4.90 Å². The topological polar surface area (TPSA) is 40.5 Å². The lowest BCUT2D eigenvalue weighted by molar-refractivity contribution is 0.0681. The van der Waals surface area contributed by atoms with Crippen molar-refractivity contribution in [2.24, 2.45) is 0 Å². The third-order valence-corrected chi connectivity index (χ3v) is 3.64. The predicted octanol–water partition coefficient (Wildman–Crippen LogP) is 3.92. The summed E-state index contributed by atoms with van der Waals surface area (Å²) < 4.78 is 0. The van der Waals surface area contributed by atoms with E-state index in [4.69, 9.17) is 23.2 Å². The number of benzene rings is 1. The molecule has 0 spiro atoms. The van der Waals surface area contributed by atoms with Crippen LogP contribution in [0.15, 0.2) is 18.2 Å². The molecule has 1 aromatic rings. The summed E-state index contributed by atoms with van der Waals surface area (Å²) in [5.74, 6) is 0.273. The minimum atomic E-state index is -0.101. The highest BCUT2D eigenvalue weighted by molar-refractivity contribution is 6.32.